The zero-order chi connectivity index (χ0) is 19.0. The Morgan fingerprint density at radius 1 is 1.04 bits per heavy atom. The Labute approximate surface area is 156 Å². The molecule has 8 heteroatoms. The van der Waals surface area contributed by atoms with Gasteiger partial charge in [0.25, 0.3) is 0 Å². The molecule has 0 aliphatic heterocycles. The normalized spacial score (nSPS) is 11.4. The summed E-state index contributed by atoms with van der Waals surface area (Å²) in [4.78, 5) is 11.6. The molecule has 0 atom stereocenters. The molecule has 0 N–H and O–H groups in total. The fourth-order valence-corrected chi connectivity index (χ4v) is 2.13. The lowest BCUT2D eigenvalue weighted by Gasteiger charge is -2.05. The predicted molar refractivity (Wildman–Crippen MR) is 96.9 cm³/mol. The first kappa shape index (κ1) is 22.7. The summed E-state index contributed by atoms with van der Waals surface area (Å²) >= 11 is 0. The maximum Gasteiger partial charge on any atom is 0.135 e. The summed E-state index contributed by atoms with van der Waals surface area (Å²) in [6.07, 6.45) is 4.33. The van der Waals surface area contributed by atoms with Gasteiger partial charge in [0.1, 0.15) is 11.5 Å². The number of carbonyl (C=O) groups excluding carboxylic acids is 1. The van der Waals surface area contributed by atoms with Crippen LogP contribution in [0, 0.1) is 5.92 Å². The van der Waals surface area contributed by atoms with Crippen molar-refractivity contribution < 1.29 is 23.7 Å². The number of rotatable bonds is 17. The van der Waals surface area contributed by atoms with Crippen molar-refractivity contribution in [2.45, 2.75) is 46.3 Å². The van der Waals surface area contributed by atoms with E-state index in [1.165, 1.54) is 0 Å². The van der Waals surface area contributed by atoms with Crippen LogP contribution in [0.4, 0.5) is 0 Å². The Bertz CT molecular complexity index is 479. The van der Waals surface area contributed by atoms with Gasteiger partial charge in [-0.3, -0.25) is 9.48 Å². The van der Waals surface area contributed by atoms with E-state index in [0.717, 1.165) is 25.1 Å². The SMILES string of the molecule is COCCOCCOCCOCc1cn(CCCCC(=O)C(C)C)nn1. The van der Waals surface area contributed by atoms with Crippen LogP contribution in [-0.4, -0.2) is 67.5 Å². The van der Waals surface area contributed by atoms with Crippen molar-refractivity contribution >= 4 is 5.78 Å². The Hall–Kier alpha value is -1.35. The number of carbonyl (C=O) groups is 1. The zero-order valence-corrected chi connectivity index (χ0v) is 16.3. The van der Waals surface area contributed by atoms with Crippen molar-refractivity contribution in [2.75, 3.05) is 46.8 Å². The molecule has 0 saturated heterocycles. The highest BCUT2D eigenvalue weighted by Crippen LogP contribution is 2.05. The van der Waals surface area contributed by atoms with Crippen LogP contribution in [0.2, 0.25) is 0 Å². The molecule has 0 aromatic carbocycles. The molecular weight excluding hydrogens is 338 g/mol. The summed E-state index contributed by atoms with van der Waals surface area (Å²) in [5.41, 5.74) is 0.797. The van der Waals surface area contributed by atoms with Gasteiger partial charge in [-0.2, -0.15) is 0 Å². The van der Waals surface area contributed by atoms with E-state index < -0.39 is 0 Å². The van der Waals surface area contributed by atoms with Crippen molar-refractivity contribution in [1.29, 1.82) is 0 Å². The number of aryl methyl sites for hydroxylation is 1. The average Bonchev–Trinajstić information content (AvgIpc) is 3.07. The maximum atomic E-state index is 11.6. The van der Waals surface area contributed by atoms with E-state index in [4.69, 9.17) is 18.9 Å². The van der Waals surface area contributed by atoms with Crippen molar-refractivity contribution in [2.24, 2.45) is 5.92 Å². The smallest absolute Gasteiger partial charge is 0.135 e. The summed E-state index contributed by atoms with van der Waals surface area (Å²) in [7, 11) is 1.64. The Morgan fingerprint density at radius 3 is 2.35 bits per heavy atom. The largest absolute Gasteiger partial charge is 0.382 e. The second-order valence-electron chi connectivity index (χ2n) is 6.32. The van der Waals surface area contributed by atoms with Crippen LogP contribution in [0.15, 0.2) is 6.20 Å². The first-order valence-corrected chi connectivity index (χ1v) is 9.27. The molecule has 0 unspecified atom stereocenters. The van der Waals surface area contributed by atoms with E-state index in [1.54, 1.807) is 11.8 Å². The van der Waals surface area contributed by atoms with Crippen LogP contribution >= 0.6 is 0 Å². The van der Waals surface area contributed by atoms with E-state index in [9.17, 15) is 4.79 Å². The van der Waals surface area contributed by atoms with Gasteiger partial charge in [0, 0.05) is 26.0 Å². The first-order valence-electron chi connectivity index (χ1n) is 9.27. The van der Waals surface area contributed by atoms with E-state index in [-0.39, 0.29) is 5.92 Å². The van der Waals surface area contributed by atoms with Crippen LogP contribution < -0.4 is 0 Å². The molecule has 0 amide bonds. The number of hydrogen-bond donors (Lipinski definition) is 0. The Kier molecular flexibility index (Phi) is 12.9. The lowest BCUT2D eigenvalue weighted by Crippen LogP contribution is -2.11. The number of nitrogens with zero attached hydrogens (tertiary/aromatic N) is 3. The molecule has 0 radical (unpaired) electrons. The number of ether oxygens (including phenoxy) is 4. The molecule has 0 fully saturated rings. The van der Waals surface area contributed by atoms with Crippen molar-refractivity contribution in [3.63, 3.8) is 0 Å². The van der Waals surface area contributed by atoms with Crippen LogP contribution in [-0.2, 0) is 36.9 Å². The van der Waals surface area contributed by atoms with Gasteiger partial charge in [-0.05, 0) is 12.8 Å². The minimum absolute atomic E-state index is 0.122. The second kappa shape index (κ2) is 14.8. The van der Waals surface area contributed by atoms with E-state index in [1.807, 2.05) is 20.0 Å². The molecule has 0 aliphatic rings. The van der Waals surface area contributed by atoms with Crippen LogP contribution in [0.3, 0.4) is 0 Å². The van der Waals surface area contributed by atoms with Gasteiger partial charge in [-0.1, -0.05) is 19.1 Å². The van der Waals surface area contributed by atoms with Crippen LogP contribution in [0.25, 0.3) is 0 Å². The quantitative estimate of drug-likeness (QED) is 0.386. The molecule has 1 heterocycles. The van der Waals surface area contributed by atoms with Crippen LogP contribution in [0.5, 0.6) is 0 Å². The molecule has 150 valence electrons. The fourth-order valence-electron chi connectivity index (χ4n) is 2.13. The predicted octanol–water partition coefficient (Wildman–Crippen LogP) is 1.87. The van der Waals surface area contributed by atoms with Crippen molar-refractivity contribution in [1.82, 2.24) is 15.0 Å². The minimum atomic E-state index is 0.122. The summed E-state index contributed by atoms with van der Waals surface area (Å²) < 4.78 is 22.9. The van der Waals surface area contributed by atoms with Gasteiger partial charge in [-0.25, -0.2) is 0 Å². The third kappa shape index (κ3) is 11.3. The van der Waals surface area contributed by atoms with Gasteiger partial charge in [0.05, 0.1) is 52.4 Å². The molecule has 8 nitrogen and oxygen atoms in total. The number of hydrogen-bond acceptors (Lipinski definition) is 7. The lowest BCUT2D eigenvalue weighted by atomic mass is 10.0. The molecule has 1 aromatic rings. The molecule has 0 aliphatic carbocycles. The number of methoxy groups -OCH3 is 1. The lowest BCUT2D eigenvalue weighted by molar-refractivity contribution is -0.122. The zero-order valence-electron chi connectivity index (χ0n) is 16.3. The average molecular weight is 371 g/mol. The van der Waals surface area contributed by atoms with Crippen molar-refractivity contribution in [3.05, 3.63) is 11.9 Å². The molecule has 0 spiro atoms. The maximum absolute atomic E-state index is 11.6. The molecule has 26 heavy (non-hydrogen) atoms. The van der Waals surface area contributed by atoms with E-state index >= 15 is 0 Å². The van der Waals surface area contributed by atoms with Gasteiger partial charge >= 0.3 is 0 Å². The summed E-state index contributed by atoms with van der Waals surface area (Å²) in [5.74, 6) is 0.443. The number of unbranched alkanes of at least 4 members (excludes halogenated alkanes) is 1. The molecule has 0 bridgehead atoms. The molecular formula is C18H33N3O5. The monoisotopic (exact) mass is 371 g/mol. The topological polar surface area (TPSA) is 84.7 Å². The Morgan fingerprint density at radius 2 is 1.69 bits per heavy atom. The Balaban J connectivity index is 1.98. The van der Waals surface area contributed by atoms with E-state index in [0.29, 0.717) is 58.5 Å². The van der Waals surface area contributed by atoms with Crippen molar-refractivity contribution in [3.8, 4) is 0 Å². The summed E-state index contributed by atoms with van der Waals surface area (Å²) in [5, 5.41) is 8.16. The summed E-state index contributed by atoms with van der Waals surface area (Å²) in [6.45, 7) is 8.36. The van der Waals surface area contributed by atoms with Crippen LogP contribution in [0.1, 0.15) is 38.8 Å². The number of Topliss-reactive ketones (excluding diaryl/α,β-unsaturated/α-hetero) is 1. The first-order chi connectivity index (χ1) is 12.6. The molecule has 1 rings (SSSR count). The standard InChI is InChI=1S/C18H33N3O5/c1-16(2)18(22)6-4-5-7-21-14-17(19-20-21)15-26-13-12-25-11-10-24-9-8-23-3/h14,16H,4-13,15H2,1-3H3. The third-order valence-corrected chi connectivity index (χ3v) is 3.72. The van der Waals surface area contributed by atoms with Gasteiger partial charge in [-0.15, -0.1) is 5.10 Å². The minimum Gasteiger partial charge on any atom is -0.382 e. The third-order valence-electron chi connectivity index (χ3n) is 3.72. The highest BCUT2D eigenvalue weighted by atomic mass is 16.6. The number of aromatic nitrogens is 3. The van der Waals surface area contributed by atoms with Gasteiger partial charge in [0.2, 0.25) is 0 Å². The second-order valence-corrected chi connectivity index (χ2v) is 6.32. The van der Waals surface area contributed by atoms with Gasteiger partial charge in [0.15, 0.2) is 0 Å². The van der Waals surface area contributed by atoms with E-state index in [2.05, 4.69) is 10.3 Å². The molecule has 0 saturated carbocycles. The fraction of sp³-hybridized carbons (Fsp3) is 0.833. The molecule has 1 aromatic heterocycles. The number of ketones is 1. The highest BCUT2D eigenvalue weighted by Gasteiger charge is 2.06. The highest BCUT2D eigenvalue weighted by molar-refractivity contribution is 5.80. The summed E-state index contributed by atoms with van der Waals surface area (Å²) in [6, 6.07) is 0. The van der Waals surface area contributed by atoms with Gasteiger partial charge < -0.3 is 18.9 Å².